The molecule has 0 saturated carbocycles. The van der Waals surface area contributed by atoms with Crippen molar-refractivity contribution in [1.29, 1.82) is 0 Å². The molecule has 33 heavy (non-hydrogen) atoms. The molecule has 1 amide bonds. The number of hydrogen-bond donors (Lipinski definition) is 1. The van der Waals surface area contributed by atoms with E-state index in [0.717, 1.165) is 22.8 Å². The van der Waals surface area contributed by atoms with Crippen molar-refractivity contribution < 1.29 is 22.7 Å². The van der Waals surface area contributed by atoms with Gasteiger partial charge in [0.15, 0.2) is 5.69 Å². The predicted molar refractivity (Wildman–Crippen MR) is 116 cm³/mol. The van der Waals surface area contributed by atoms with Gasteiger partial charge in [-0.05, 0) is 62.2 Å². The smallest absolute Gasteiger partial charge is 0.433 e. The van der Waals surface area contributed by atoms with Crippen molar-refractivity contribution in [2.75, 3.05) is 12.4 Å². The van der Waals surface area contributed by atoms with Gasteiger partial charge in [0.1, 0.15) is 5.75 Å². The minimum atomic E-state index is -4.74. The van der Waals surface area contributed by atoms with Gasteiger partial charge >= 0.3 is 6.18 Å². The summed E-state index contributed by atoms with van der Waals surface area (Å²) in [6.45, 7) is 5.59. The van der Waals surface area contributed by atoms with Gasteiger partial charge in [-0.2, -0.15) is 22.7 Å². The Morgan fingerprint density at radius 3 is 2.21 bits per heavy atom. The van der Waals surface area contributed by atoms with E-state index >= 15 is 0 Å². The number of nitrogens with zero attached hydrogens (tertiary/aromatic N) is 4. The zero-order valence-corrected chi connectivity index (χ0v) is 18.3. The van der Waals surface area contributed by atoms with Gasteiger partial charge in [-0.3, -0.25) is 4.79 Å². The third kappa shape index (κ3) is 4.36. The molecule has 7 nitrogen and oxygen atoms in total. The lowest BCUT2D eigenvalue weighted by Gasteiger charge is -2.11. The summed E-state index contributed by atoms with van der Waals surface area (Å²) in [5, 5.41) is 6.51. The molecule has 170 valence electrons. The van der Waals surface area contributed by atoms with Gasteiger partial charge in [0.2, 0.25) is 5.82 Å². The number of aryl methyl sites for hydroxylation is 3. The highest BCUT2D eigenvalue weighted by Gasteiger charge is 2.36. The van der Waals surface area contributed by atoms with Crippen molar-refractivity contribution in [3.05, 3.63) is 70.7 Å². The lowest BCUT2D eigenvalue weighted by atomic mass is 10.1. The summed E-state index contributed by atoms with van der Waals surface area (Å²) in [7, 11) is 1.49. The molecule has 2 heterocycles. The Bertz CT molecular complexity index is 1340. The Morgan fingerprint density at radius 1 is 1.00 bits per heavy atom. The van der Waals surface area contributed by atoms with E-state index in [1.165, 1.54) is 7.11 Å². The first kappa shape index (κ1) is 22.3. The van der Waals surface area contributed by atoms with Crippen LogP contribution in [0.4, 0.5) is 18.9 Å². The Morgan fingerprint density at radius 2 is 1.64 bits per heavy atom. The maximum absolute atomic E-state index is 13.8. The number of amides is 1. The molecule has 2 aromatic heterocycles. The lowest BCUT2D eigenvalue weighted by molar-refractivity contribution is -0.142. The van der Waals surface area contributed by atoms with Crippen LogP contribution in [0.3, 0.4) is 0 Å². The number of ether oxygens (including phenoxy) is 1. The Labute approximate surface area is 187 Å². The van der Waals surface area contributed by atoms with Crippen LogP contribution in [0.25, 0.3) is 17.0 Å². The normalized spacial score (nSPS) is 11.6. The highest BCUT2D eigenvalue weighted by atomic mass is 19.4. The molecule has 0 bridgehead atoms. The lowest BCUT2D eigenvalue weighted by Crippen LogP contribution is -2.17. The number of alkyl halides is 3. The summed E-state index contributed by atoms with van der Waals surface area (Å²) >= 11 is 0. The molecule has 1 N–H and O–H groups in total. The van der Waals surface area contributed by atoms with E-state index < -0.39 is 23.6 Å². The van der Waals surface area contributed by atoms with Crippen molar-refractivity contribution in [2.24, 2.45) is 0 Å². The second-order valence-electron chi connectivity index (χ2n) is 7.63. The van der Waals surface area contributed by atoms with Crippen LogP contribution in [0.1, 0.15) is 33.0 Å². The summed E-state index contributed by atoms with van der Waals surface area (Å²) in [5.41, 5.74) is 2.62. The highest BCUT2D eigenvalue weighted by molar-refractivity contribution is 6.02. The van der Waals surface area contributed by atoms with Crippen molar-refractivity contribution in [3.63, 3.8) is 0 Å². The van der Waals surface area contributed by atoms with E-state index in [2.05, 4.69) is 20.4 Å². The van der Waals surface area contributed by atoms with E-state index in [0.29, 0.717) is 21.5 Å². The third-order valence-corrected chi connectivity index (χ3v) is 5.11. The highest BCUT2D eigenvalue weighted by Crippen LogP contribution is 2.32. The van der Waals surface area contributed by atoms with E-state index in [1.54, 1.807) is 24.3 Å². The van der Waals surface area contributed by atoms with Crippen molar-refractivity contribution in [3.8, 4) is 17.0 Å². The minimum Gasteiger partial charge on any atom is -0.497 e. The summed E-state index contributed by atoms with van der Waals surface area (Å²) < 4.78 is 47.0. The van der Waals surface area contributed by atoms with Crippen molar-refractivity contribution in [2.45, 2.75) is 26.9 Å². The van der Waals surface area contributed by atoms with Crippen molar-refractivity contribution >= 4 is 17.4 Å². The van der Waals surface area contributed by atoms with Gasteiger partial charge in [0.05, 0.1) is 12.8 Å². The molecule has 0 aliphatic rings. The topological polar surface area (TPSA) is 81.4 Å². The second kappa shape index (κ2) is 8.19. The average Bonchev–Trinajstić information content (AvgIpc) is 3.19. The number of carbonyl (C=O) groups is 1. The number of nitrogens with one attached hydrogen (secondary N) is 1. The Kier molecular flexibility index (Phi) is 5.52. The molecule has 0 aliphatic carbocycles. The number of carbonyl (C=O) groups excluding carboxylic acids is 1. The summed E-state index contributed by atoms with van der Waals surface area (Å²) in [4.78, 5) is 21.0. The van der Waals surface area contributed by atoms with Crippen LogP contribution in [0.15, 0.2) is 42.5 Å². The fourth-order valence-corrected chi connectivity index (χ4v) is 3.62. The maximum Gasteiger partial charge on any atom is 0.433 e. The minimum absolute atomic E-state index is 0.0436. The summed E-state index contributed by atoms with van der Waals surface area (Å²) in [6.07, 6.45) is -4.74. The van der Waals surface area contributed by atoms with Gasteiger partial charge < -0.3 is 10.1 Å². The molecule has 0 spiro atoms. The number of halogens is 3. The first-order valence-electron chi connectivity index (χ1n) is 9.95. The van der Waals surface area contributed by atoms with Gasteiger partial charge in [0, 0.05) is 11.3 Å². The number of fused-ring (bicyclic) bond motifs is 1. The van der Waals surface area contributed by atoms with Gasteiger partial charge in [-0.25, -0.2) is 4.98 Å². The van der Waals surface area contributed by atoms with Gasteiger partial charge in [-0.1, -0.05) is 17.7 Å². The molecular weight excluding hydrogens is 435 g/mol. The molecule has 0 unspecified atom stereocenters. The van der Waals surface area contributed by atoms with Crippen LogP contribution in [-0.2, 0) is 6.18 Å². The van der Waals surface area contributed by atoms with Crippen LogP contribution in [0, 0.1) is 20.8 Å². The standard InChI is InChI=1S/C23H20F3N5O2/c1-12-9-13(2)19(14(3)10-12)28-21(32)20-29-22-27-17(15-5-7-16(33-4)8-6-15)11-18(23(24,25)26)31(22)30-20/h5-11H,1-4H3,(H,28,32). The molecule has 2 aromatic carbocycles. The molecule has 0 fully saturated rings. The number of anilines is 1. The fourth-order valence-electron chi connectivity index (χ4n) is 3.62. The molecule has 4 aromatic rings. The maximum atomic E-state index is 13.8. The van der Waals surface area contributed by atoms with E-state index in [1.807, 2.05) is 32.9 Å². The monoisotopic (exact) mass is 455 g/mol. The van der Waals surface area contributed by atoms with Crippen LogP contribution in [0.5, 0.6) is 5.75 Å². The molecule has 0 radical (unpaired) electrons. The number of methoxy groups -OCH3 is 1. The molecule has 0 atom stereocenters. The molecular formula is C23H20F3N5O2. The van der Waals surface area contributed by atoms with E-state index in [-0.39, 0.29) is 11.5 Å². The predicted octanol–water partition coefficient (Wildman–Crippen LogP) is 5.00. The Balaban J connectivity index is 1.78. The SMILES string of the molecule is COc1ccc(-c2cc(C(F)(F)F)n3nc(C(=O)Nc4c(C)cc(C)cc4C)nc3n2)cc1. The number of rotatable bonds is 4. The summed E-state index contributed by atoms with van der Waals surface area (Å²) in [6, 6.07) is 11.1. The number of aromatic nitrogens is 4. The van der Waals surface area contributed by atoms with Crippen LogP contribution in [0.2, 0.25) is 0 Å². The number of benzene rings is 2. The third-order valence-electron chi connectivity index (χ3n) is 5.11. The van der Waals surface area contributed by atoms with E-state index in [4.69, 9.17) is 4.74 Å². The van der Waals surface area contributed by atoms with Gasteiger partial charge in [-0.15, -0.1) is 5.10 Å². The van der Waals surface area contributed by atoms with Crippen LogP contribution < -0.4 is 10.1 Å². The average molecular weight is 455 g/mol. The van der Waals surface area contributed by atoms with E-state index in [9.17, 15) is 18.0 Å². The second-order valence-corrected chi connectivity index (χ2v) is 7.63. The molecule has 0 aliphatic heterocycles. The zero-order chi connectivity index (χ0) is 23.9. The van der Waals surface area contributed by atoms with Crippen LogP contribution in [-0.4, -0.2) is 32.6 Å². The zero-order valence-electron chi connectivity index (χ0n) is 18.3. The largest absolute Gasteiger partial charge is 0.497 e. The first-order chi connectivity index (χ1) is 15.6. The van der Waals surface area contributed by atoms with Crippen molar-refractivity contribution in [1.82, 2.24) is 19.6 Å². The molecule has 10 heteroatoms. The fraction of sp³-hybridized carbons (Fsp3) is 0.217. The quantitative estimate of drug-likeness (QED) is 0.469. The first-order valence-corrected chi connectivity index (χ1v) is 9.95. The summed E-state index contributed by atoms with van der Waals surface area (Å²) in [5.74, 6) is -0.925. The Hall–Kier alpha value is -3.95. The number of hydrogen-bond acceptors (Lipinski definition) is 5. The van der Waals surface area contributed by atoms with Gasteiger partial charge in [0.25, 0.3) is 11.7 Å². The van der Waals surface area contributed by atoms with Crippen LogP contribution >= 0.6 is 0 Å². The molecule has 4 rings (SSSR count). The molecule has 0 saturated heterocycles.